The third-order valence-corrected chi connectivity index (χ3v) is 3.61. The molecule has 3 rings (SSSR count). The van der Waals surface area contributed by atoms with Crippen LogP contribution < -0.4 is 0 Å². The molecule has 3 aromatic rings. The Labute approximate surface area is 127 Å². The van der Waals surface area contributed by atoms with E-state index >= 15 is 0 Å². The van der Waals surface area contributed by atoms with E-state index in [1.165, 1.54) is 22.8 Å². The van der Waals surface area contributed by atoms with Crippen molar-refractivity contribution in [2.24, 2.45) is 0 Å². The summed E-state index contributed by atoms with van der Waals surface area (Å²) in [5, 5.41) is -0.0674. The van der Waals surface area contributed by atoms with Crippen LogP contribution in [-0.4, -0.2) is 9.55 Å². The van der Waals surface area contributed by atoms with Gasteiger partial charge in [-0.15, -0.1) is 11.6 Å². The first-order valence-electron chi connectivity index (χ1n) is 5.89. The Morgan fingerprint density at radius 2 is 1.81 bits per heavy atom. The Morgan fingerprint density at radius 3 is 2.48 bits per heavy atom. The van der Waals surface area contributed by atoms with E-state index in [0.29, 0.717) is 0 Å². The fourth-order valence-electron chi connectivity index (χ4n) is 2.14. The number of hydrogen-bond donors (Lipinski definition) is 0. The maximum atomic E-state index is 14.1. The number of rotatable bonds is 2. The van der Waals surface area contributed by atoms with Crippen molar-refractivity contribution >= 4 is 34.2 Å². The number of aromatic nitrogens is 2. The van der Waals surface area contributed by atoms with Crippen LogP contribution in [0.25, 0.3) is 16.7 Å². The molecule has 2 aromatic carbocycles. The van der Waals surface area contributed by atoms with Gasteiger partial charge in [-0.2, -0.15) is 0 Å². The lowest BCUT2D eigenvalue weighted by Gasteiger charge is -2.09. The SMILES string of the molecule is Fc1cc(-n2c(CCl)nc3ccc(F)c(F)c32)ccc1Cl. The quantitative estimate of drug-likeness (QED) is 0.615. The van der Waals surface area contributed by atoms with E-state index in [1.807, 2.05) is 0 Å². The lowest BCUT2D eigenvalue weighted by Crippen LogP contribution is -2.02. The lowest BCUT2D eigenvalue weighted by molar-refractivity contribution is 0.514. The molecule has 0 saturated heterocycles. The number of alkyl halides is 1. The molecule has 7 heteroatoms. The fourth-order valence-corrected chi connectivity index (χ4v) is 2.44. The number of benzene rings is 2. The van der Waals surface area contributed by atoms with Crippen molar-refractivity contribution in [1.82, 2.24) is 9.55 Å². The molecule has 0 bridgehead atoms. The van der Waals surface area contributed by atoms with Gasteiger partial charge in [0.25, 0.3) is 0 Å². The highest BCUT2D eigenvalue weighted by Gasteiger charge is 2.18. The Kier molecular flexibility index (Phi) is 3.55. The molecule has 0 spiro atoms. The predicted octanol–water partition coefficient (Wildman–Crippen LogP) is 4.84. The largest absolute Gasteiger partial charge is 0.292 e. The topological polar surface area (TPSA) is 17.8 Å². The number of halogens is 5. The molecular formula is C14H7Cl2F3N2. The van der Waals surface area contributed by atoms with Crippen molar-refractivity contribution in [2.45, 2.75) is 5.88 Å². The minimum absolute atomic E-state index is 0.0417. The molecule has 0 atom stereocenters. The molecule has 0 fully saturated rings. The van der Waals surface area contributed by atoms with Crippen molar-refractivity contribution in [3.63, 3.8) is 0 Å². The van der Waals surface area contributed by atoms with Crippen molar-refractivity contribution in [2.75, 3.05) is 0 Å². The summed E-state index contributed by atoms with van der Waals surface area (Å²) >= 11 is 11.4. The summed E-state index contributed by atoms with van der Waals surface area (Å²) in [6, 6.07) is 6.24. The van der Waals surface area contributed by atoms with Gasteiger partial charge in [0.2, 0.25) is 0 Å². The molecule has 0 radical (unpaired) electrons. The smallest absolute Gasteiger partial charge is 0.185 e. The Morgan fingerprint density at radius 1 is 1.05 bits per heavy atom. The zero-order valence-corrected chi connectivity index (χ0v) is 11.9. The highest BCUT2D eigenvalue weighted by molar-refractivity contribution is 6.30. The van der Waals surface area contributed by atoms with Crippen LogP contribution in [-0.2, 0) is 5.88 Å². The standard InChI is InChI=1S/C14H7Cl2F3N2/c15-6-12-20-11-4-3-9(17)13(19)14(11)21(12)7-1-2-8(16)10(18)5-7/h1-5H,6H2. The van der Waals surface area contributed by atoms with Gasteiger partial charge in [0, 0.05) is 0 Å². The average molecular weight is 331 g/mol. The first-order chi connectivity index (χ1) is 10.0. The summed E-state index contributed by atoms with van der Waals surface area (Å²) in [5.41, 5.74) is 0.409. The Bertz CT molecular complexity index is 846. The van der Waals surface area contributed by atoms with Gasteiger partial charge in [-0.05, 0) is 30.3 Å². The lowest BCUT2D eigenvalue weighted by atomic mass is 10.2. The minimum atomic E-state index is -1.06. The minimum Gasteiger partial charge on any atom is -0.292 e. The second kappa shape index (κ2) is 5.24. The van der Waals surface area contributed by atoms with Crippen LogP contribution in [0.15, 0.2) is 30.3 Å². The summed E-state index contributed by atoms with van der Waals surface area (Å²) in [7, 11) is 0. The monoisotopic (exact) mass is 330 g/mol. The van der Waals surface area contributed by atoms with Crippen LogP contribution in [0.3, 0.4) is 0 Å². The summed E-state index contributed by atoms with van der Waals surface area (Å²) < 4.78 is 42.4. The van der Waals surface area contributed by atoms with Crippen LogP contribution in [0.5, 0.6) is 0 Å². The molecule has 2 nitrogen and oxygen atoms in total. The van der Waals surface area contributed by atoms with Crippen LogP contribution >= 0.6 is 23.2 Å². The molecule has 21 heavy (non-hydrogen) atoms. The number of nitrogens with zero attached hydrogens (tertiary/aromatic N) is 2. The van der Waals surface area contributed by atoms with Crippen LogP contribution in [0.1, 0.15) is 5.82 Å². The van der Waals surface area contributed by atoms with Crippen molar-refractivity contribution < 1.29 is 13.2 Å². The van der Waals surface area contributed by atoms with E-state index in [0.717, 1.165) is 12.1 Å². The summed E-state index contributed by atoms with van der Waals surface area (Å²) in [6.07, 6.45) is 0. The Hall–Kier alpha value is -1.72. The molecule has 1 aromatic heterocycles. The maximum Gasteiger partial charge on any atom is 0.185 e. The fraction of sp³-hybridized carbons (Fsp3) is 0.0714. The summed E-state index contributed by atoms with van der Waals surface area (Å²) in [4.78, 5) is 4.13. The van der Waals surface area contributed by atoms with Crippen molar-refractivity contribution in [3.05, 3.63) is 58.6 Å². The third-order valence-electron chi connectivity index (χ3n) is 3.06. The van der Waals surface area contributed by atoms with E-state index in [2.05, 4.69) is 4.98 Å². The molecular weight excluding hydrogens is 324 g/mol. The van der Waals surface area contributed by atoms with Crippen LogP contribution in [0.2, 0.25) is 5.02 Å². The summed E-state index contributed by atoms with van der Waals surface area (Å²) in [6.45, 7) is 0. The first-order valence-corrected chi connectivity index (χ1v) is 6.81. The van der Waals surface area contributed by atoms with Gasteiger partial charge in [0.1, 0.15) is 17.2 Å². The van der Waals surface area contributed by atoms with Gasteiger partial charge in [-0.3, -0.25) is 4.57 Å². The van der Waals surface area contributed by atoms with Crippen LogP contribution in [0, 0.1) is 17.5 Å². The van der Waals surface area contributed by atoms with E-state index in [9.17, 15) is 13.2 Å². The number of hydrogen-bond acceptors (Lipinski definition) is 1. The summed E-state index contributed by atoms with van der Waals surface area (Å²) in [5.74, 6) is -2.52. The van der Waals surface area contributed by atoms with Gasteiger partial charge >= 0.3 is 0 Å². The molecule has 0 saturated carbocycles. The maximum absolute atomic E-state index is 14.1. The molecule has 0 aliphatic heterocycles. The molecule has 108 valence electrons. The first kappa shape index (κ1) is 14.2. The zero-order chi connectivity index (χ0) is 15.1. The highest BCUT2D eigenvalue weighted by Crippen LogP contribution is 2.28. The highest BCUT2D eigenvalue weighted by atomic mass is 35.5. The van der Waals surface area contributed by atoms with Gasteiger partial charge in [-0.1, -0.05) is 11.6 Å². The Balaban J connectivity index is 2.39. The second-order valence-electron chi connectivity index (χ2n) is 4.32. The van der Waals surface area contributed by atoms with Gasteiger partial charge in [0.15, 0.2) is 11.6 Å². The zero-order valence-electron chi connectivity index (χ0n) is 10.4. The molecule has 0 amide bonds. The van der Waals surface area contributed by atoms with Crippen molar-refractivity contribution in [1.29, 1.82) is 0 Å². The number of imidazole rings is 1. The molecule has 0 aliphatic carbocycles. The van der Waals surface area contributed by atoms with E-state index in [1.54, 1.807) is 0 Å². The van der Waals surface area contributed by atoms with Gasteiger partial charge < -0.3 is 0 Å². The second-order valence-corrected chi connectivity index (χ2v) is 5.00. The number of fused-ring (bicyclic) bond motifs is 1. The van der Waals surface area contributed by atoms with Crippen molar-refractivity contribution in [3.8, 4) is 5.69 Å². The normalized spacial score (nSPS) is 11.3. The third kappa shape index (κ3) is 2.26. The molecule has 1 heterocycles. The molecule has 0 N–H and O–H groups in total. The van der Waals surface area contributed by atoms with Gasteiger partial charge in [0.05, 0.1) is 22.1 Å². The molecule has 0 unspecified atom stereocenters. The van der Waals surface area contributed by atoms with E-state index < -0.39 is 17.5 Å². The van der Waals surface area contributed by atoms with E-state index in [-0.39, 0.29) is 33.4 Å². The van der Waals surface area contributed by atoms with Crippen LogP contribution in [0.4, 0.5) is 13.2 Å². The van der Waals surface area contributed by atoms with E-state index in [4.69, 9.17) is 23.2 Å². The van der Waals surface area contributed by atoms with Gasteiger partial charge in [-0.25, -0.2) is 18.2 Å². The molecule has 0 aliphatic rings. The average Bonchev–Trinajstić information content (AvgIpc) is 2.85. The predicted molar refractivity (Wildman–Crippen MR) is 75.5 cm³/mol.